The number of likely N-dealkylation sites (tertiary alicyclic amines) is 1. The maximum absolute atomic E-state index is 10.5. The van der Waals surface area contributed by atoms with Crippen molar-refractivity contribution in [3.8, 4) is 0 Å². The number of rotatable bonds is 3. The van der Waals surface area contributed by atoms with Crippen LogP contribution in [-0.2, 0) is 0 Å². The Morgan fingerprint density at radius 3 is 3.06 bits per heavy atom. The van der Waals surface area contributed by atoms with Crippen LogP contribution in [-0.4, -0.2) is 35.3 Å². The average molecular weight is 222 g/mol. The van der Waals surface area contributed by atoms with E-state index in [4.69, 9.17) is 4.42 Å². The first-order valence-corrected chi connectivity index (χ1v) is 5.85. The van der Waals surface area contributed by atoms with Crippen molar-refractivity contribution >= 4 is 6.29 Å². The lowest BCUT2D eigenvalue weighted by Gasteiger charge is -2.34. The average Bonchev–Trinajstić information content (AvgIpc) is 2.77. The van der Waals surface area contributed by atoms with E-state index in [2.05, 4.69) is 23.7 Å². The number of nitrogens with zero attached hydrogens (tertiary/aromatic N) is 2. The number of hydrogen-bond donors (Lipinski definition) is 0. The number of carbonyl (C=O) groups excluding carboxylic acids is 1. The molecule has 1 saturated heterocycles. The van der Waals surface area contributed by atoms with Gasteiger partial charge in [0.15, 0.2) is 17.9 Å². The lowest BCUT2D eigenvalue weighted by molar-refractivity contribution is 0.109. The number of piperidine rings is 1. The molecular weight excluding hydrogens is 204 g/mol. The van der Waals surface area contributed by atoms with Crippen LogP contribution in [0.15, 0.2) is 10.6 Å². The van der Waals surface area contributed by atoms with Gasteiger partial charge in [0.2, 0.25) is 0 Å². The Bertz CT molecular complexity index is 360. The van der Waals surface area contributed by atoms with Crippen LogP contribution in [0.1, 0.15) is 49.1 Å². The molecule has 0 bridgehead atoms. The summed E-state index contributed by atoms with van der Waals surface area (Å²) in [5.41, 5.74) is 0. The third kappa shape index (κ3) is 2.32. The minimum Gasteiger partial charge on any atom is -0.438 e. The van der Waals surface area contributed by atoms with Crippen LogP contribution in [0.5, 0.6) is 0 Å². The number of aldehydes is 1. The first kappa shape index (κ1) is 11.3. The van der Waals surface area contributed by atoms with E-state index in [1.54, 1.807) is 0 Å². The molecule has 0 amide bonds. The smallest absolute Gasteiger partial charge is 0.199 e. The van der Waals surface area contributed by atoms with Crippen molar-refractivity contribution in [3.05, 3.63) is 17.8 Å². The minimum absolute atomic E-state index is 0.330. The third-order valence-electron chi connectivity index (χ3n) is 3.19. The number of oxazole rings is 1. The Morgan fingerprint density at radius 2 is 2.44 bits per heavy atom. The fourth-order valence-electron chi connectivity index (χ4n) is 2.22. The highest BCUT2D eigenvalue weighted by Crippen LogP contribution is 2.27. The van der Waals surface area contributed by atoms with E-state index < -0.39 is 0 Å². The Labute approximate surface area is 95.6 Å². The van der Waals surface area contributed by atoms with Crippen LogP contribution in [0.2, 0.25) is 0 Å². The number of hydrogen-bond acceptors (Lipinski definition) is 4. The SMILES string of the molecule is CC(C)N1CCCC(c2ncc(C=O)o2)C1. The summed E-state index contributed by atoms with van der Waals surface area (Å²) in [6.45, 7) is 6.54. The molecule has 1 aliphatic rings. The van der Waals surface area contributed by atoms with Crippen LogP contribution >= 0.6 is 0 Å². The molecule has 1 unspecified atom stereocenters. The molecule has 1 aliphatic heterocycles. The molecule has 1 atom stereocenters. The summed E-state index contributed by atoms with van der Waals surface area (Å²) in [6.07, 6.45) is 4.49. The molecule has 4 nitrogen and oxygen atoms in total. The van der Waals surface area contributed by atoms with Gasteiger partial charge in [0, 0.05) is 18.5 Å². The highest BCUT2D eigenvalue weighted by molar-refractivity contribution is 5.69. The predicted molar refractivity (Wildman–Crippen MR) is 60.6 cm³/mol. The first-order valence-electron chi connectivity index (χ1n) is 5.85. The zero-order chi connectivity index (χ0) is 11.5. The zero-order valence-electron chi connectivity index (χ0n) is 9.85. The quantitative estimate of drug-likeness (QED) is 0.734. The molecule has 4 heteroatoms. The summed E-state index contributed by atoms with van der Waals surface area (Å²) in [7, 11) is 0. The Balaban J connectivity index is 2.06. The van der Waals surface area contributed by atoms with Gasteiger partial charge in [-0.2, -0.15) is 0 Å². The van der Waals surface area contributed by atoms with Gasteiger partial charge in [-0.25, -0.2) is 4.98 Å². The fourth-order valence-corrected chi connectivity index (χ4v) is 2.22. The second-order valence-corrected chi connectivity index (χ2v) is 4.65. The molecule has 2 heterocycles. The molecule has 0 radical (unpaired) electrons. The largest absolute Gasteiger partial charge is 0.438 e. The van der Waals surface area contributed by atoms with Gasteiger partial charge in [0.25, 0.3) is 0 Å². The minimum atomic E-state index is 0.330. The summed E-state index contributed by atoms with van der Waals surface area (Å²) in [6, 6.07) is 0.559. The zero-order valence-corrected chi connectivity index (χ0v) is 9.85. The maximum Gasteiger partial charge on any atom is 0.199 e. The monoisotopic (exact) mass is 222 g/mol. The molecule has 1 fully saturated rings. The molecule has 0 spiro atoms. The van der Waals surface area contributed by atoms with E-state index in [9.17, 15) is 4.79 Å². The van der Waals surface area contributed by atoms with Crippen molar-refractivity contribution in [1.82, 2.24) is 9.88 Å². The molecule has 88 valence electrons. The van der Waals surface area contributed by atoms with Crippen molar-refractivity contribution < 1.29 is 9.21 Å². The van der Waals surface area contributed by atoms with Gasteiger partial charge in [-0.05, 0) is 33.2 Å². The number of aromatic nitrogens is 1. The molecule has 0 aliphatic carbocycles. The predicted octanol–water partition coefficient (Wildman–Crippen LogP) is 2.07. The van der Waals surface area contributed by atoms with Crippen molar-refractivity contribution in [1.29, 1.82) is 0 Å². The van der Waals surface area contributed by atoms with Crippen LogP contribution in [0, 0.1) is 0 Å². The van der Waals surface area contributed by atoms with Gasteiger partial charge in [-0.15, -0.1) is 0 Å². The summed E-state index contributed by atoms with van der Waals surface area (Å²) in [5.74, 6) is 1.38. The van der Waals surface area contributed by atoms with E-state index in [0.29, 0.717) is 29.9 Å². The summed E-state index contributed by atoms with van der Waals surface area (Å²) in [4.78, 5) is 17.1. The molecule has 16 heavy (non-hydrogen) atoms. The van der Waals surface area contributed by atoms with Crippen LogP contribution in [0.4, 0.5) is 0 Å². The van der Waals surface area contributed by atoms with E-state index in [1.807, 2.05) is 0 Å². The van der Waals surface area contributed by atoms with Crippen LogP contribution in [0.25, 0.3) is 0 Å². The van der Waals surface area contributed by atoms with E-state index >= 15 is 0 Å². The normalized spacial score (nSPS) is 22.6. The van der Waals surface area contributed by atoms with E-state index in [1.165, 1.54) is 12.6 Å². The molecule has 2 rings (SSSR count). The van der Waals surface area contributed by atoms with Crippen molar-refractivity contribution in [2.75, 3.05) is 13.1 Å². The lowest BCUT2D eigenvalue weighted by Crippen LogP contribution is -2.39. The van der Waals surface area contributed by atoms with E-state index in [0.717, 1.165) is 19.5 Å². The topological polar surface area (TPSA) is 46.3 Å². The Hall–Kier alpha value is -1.16. The summed E-state index contributed by atoms with van der Waals surface area (Å²) >= 11 is 0. The second kappa shape index (κ2) is 4.78. The lowest BCUT2D eigenvalue weighted by atomic mass is 9.97. The maximum atomic E-state index is 10.5. The molecule has 0 N–H and O–H groups in total. The van der Waals surface area contributed by atoms with Crippen molar-refractivity contribution in [3.63, 3.8) is 0 Å². The van der Waals surface area contributed by atoms with Crippen molar-refractivity contribution in [2.45, 2.75) is 38.6 Å². The third-order valence-corrected chi connectivity index (χ3v) is 3.19. The highest BCUT2D eigenvalue weighted by Gasteiger charge is 2.26. The molecule has 1 aromatic heterocycles. The van der Waals surface area contributed by atoms with Crippen molar-refractivity contribution in [2.24, 2.45) is 0 Å². The Kier molecular flexibility index (Phi) is 3.39. The Morgan fingerprint density at radius 1 is 1.62 bits per heavy atom. The van der Waals surface area contributed by atoms with Gasteiger partial charge in [-0.3, -0.25) is 4.79 Å². The summed E-state index contributed by atoms with van der Waals surface area (Å²) < 4.78 is 5.39. The summed E-state index contributed by atoms with van der Waals surface area (Å²) in [5, 5.41) is 0. The van der Waals surface area contributed by atoms with E-state index in [-0.39, 0.29) is 0 Å². The van der Waals surface area contributed by atoms with Gasteiger partial charge in [0.05, 0.1) is 6.20 Å². The van der Waals surface area contributed by atoms with Gasteiger partial charge in [0.1, 0.15) is 0 Å². The van der Waals surface area contributed by atoms with Gasteiger partial charge < -0.3 is 9.32 Å². The molecule has 0 saturated carbocycles. The standard InChI is InChI=1S/C12H18N2O2/c1-9(2)14-5-3-4-10(7-14)12-13-6-11(8-15)16-12/h6,8-10H,3-5,7H2,1-2H3. The molecular formula is C12H18N2O2. The highest BCUT2D eigenvalue weighted by atomic mass is 16.4. The molecule has 0 aromatic carbocycles. The molecule has 1 aromatic rings. The van der Waals surface area contributed by atoms with Crippen LogP contribution < -0.4 is 0 Å². The van der Waals surface area contributed by atoms with Crippen LogP contribution in [0.3, 0.4) is 0 Å². The number of carbonyl (C=O) groups is 1. The fraction of sp³-hybridized carbons (Fsp3) is 0.667. The second-order valence-electron chi connectivity index (χ2n) is 4.65. The van der Waals surface area contributed by atoms with Gasteiger partial charge in [-0.1, -0.05) is 0 Å². The van der Waals surface area contributed by atoms with Gasteiger partial charge >= 0.3 is 0 Å². The first-order chi connectivity index (χ1) is 7.70.